The highest BCUT2D eigenvalue weighted by Crippen LogP contribution is 2.19. The summed E-state index contributed by atoms with van der Waals surface area (Å²) in [5, 5.41) is 3.23. The van der Waals surface area contributed by atoms with E-state index in [1.807, 2.05) is 0 Å². The van der Waals surface area contributed by atoms with E-state index in [1.54, 1.807) is 0 Å². The van der Waals surface area contributed by atoms with Crippen molar-refractivity contribution in [1.29, 1.82) is 0 Å². The van der Waals surface area contributed by atoms with Crippen molar-refractivity contribution in [3.63, 3.8) is 0 Å². The molecule has 1 aliphatic heterocycles. The van der Waals surface area contributed by atoms with Crippen LogP contribution in [0, 0.1) is 5.92 Å². The number of nitrogens with zero attached hydrogens (tertiary/aromatic N) is 2. The van der Waals surface area contributed by atoms with E-state index in [1.165, 1.54) is 38.8 Å². The molecule has 0 aromatic heterocycles. The minimum atomic E-state index is 0. The fraction of sp³-hybridized carbons (Fsp3) is 0.923. The van der Waals surface area contributed by atoms with E-state index in [2.05, 4.69) is 29.1 Å². The van der Waals surface area contributed by atoms with Crippen LogP contribution >= 0.6 is 24.0 Å². The van der Waals surface area contributed by atoms with E-state index in [4.69, 9.17) is 5.73 Å². The summed E-state index contributed by atoms with van der Waals surface area (Å²) in [5.41, 5.74) is 5.83. The number of hydrogen-bond acceptors (Lipinski definition) is 2. The van der Waals surface area contributed by atoms with E-state index in [0.29, 0.717) is 18.0 Å². The number of halogens is 1. The van der Waals surface area contributed by atoms with Crippen LogP contribution in [0.3, 0.4) is 0 Å². The van der Waals surface area contributed by atoms with Gasteiger partial charge in [0, 0.05) is 12.1 Å². The SMILES string of the molecule is CC1CCN(C(C)CN=C(N)NC2CC2)CC1.I. The molecule has 2 aliphatic rings. The number of guanidine groups is 1. The molecular weight excluding hydrogens is 339 g/mol. The van der Waals surface area contributed by atoms with Crippen LogP contribution in [0.15, 0.2) is 4.99 Å². The molecular formula is C13H27IN4. The van der Waals surface area contributed by atoms with Crippen molar-refractivity contribution in [2.45, 2.75) is 51.6 Å². The van der Waals surface area contributed by atoms with Gasteiger partial charge in [-0.3, -0.25) is 9.89 Å². The maximum absolute atomic E-state index is 5.83. The molecule has 5 heteroatoms. The Morgan fingerprint density at radius 1 is 1.33 bits per heavy atom. The van der Waals surface area contributed by atoms with E-state index < -0.39 is 0 Å². The maximum atomic E-state index is 5.83. The van der Waals surface area contributed by atoms with Crippen LogP contribution < -0.4 is 11.1 Å². The van der Waals surface area contributed by atoms with Gasteiger partial charge < -0.3 is 11.1 Å². The first-order valence-electron chi connectivity index (χ1n) is 6.95. The number of likely N-dealkylation sites (tertiary alicyclic amines) is 1. The standard InChI is InChI=1S/C13H26N4.HI/c1-10-5-7-17(8-6-10)11(2)9-15-13(14)16-12-3-4-12;/h10-12H,3-9H2,1-2H3,(H3,14,15,16);1H. The Balaban J connectivity index is 0.00000162. The zero-order valence-corrected chi connectivity index (χ0v) is 13.9. The van der Waals surface area contributed by atoms with Gasteiger partial charge in [0.05, 0.1) is 6.54 Å². The highest BCUT2D eigenvalue weighted by Gasteiger charge is 2.22. The summed E-state index contributed by atoms with van der Waals surface area (Å²) in [5.74, 6) is 1.52. The Labute approximate surface area is 128 Å². The lowest BCUT2D eigenvalue weighted by molar-refractivity contribution is 0.150. The van der Waals surface area contributed by atoms with Crippen molar-refractivity contribution in [3.05, 3.63) is 0 Å². The summed E-state index contributed by atoms with van der Waals surface area (Å²) in [7, 11) is 0. The predicted molar refractivity (Wildman–Crippen MR) is 87.5 cm³/mol. The van der Waals surface area contributed by atoms with Crippen LogP contribution in [-0.2, 0) is 0 Å². The first-order valence-corrected chi connectivity index (χ1v) is 6.95. The molecule has 1 saturated heterocycles. The summed E-state index contributed by atoms with van der Waals surface area (Å²) in [6, 6.07) is 1.12. The molecule has 1 saturated carbocycles. The van der Waals surface area contributed by atoms with Gasteiger partial charge in [0.25, 0.3) is 0 Å². The topological polar surface area (TPSA) is 53.6 Å². The minimum Gasteiger partial charge on any atom is -0.370 e. The molecule has 1 heterocycles. The second-order valence-corrected chi connectivity index (χ2v) is 5.71. The molecule has 1 unspecified atom stereocenters. The van der Waals surface area contributed by atoms with E-state index in [9.17, 15) is 0 Å². The third kappa shape index (κ3) is 5.30. The summed E-state index contributed by atoms with van der Waals surface area (Å²) in [6.45, 7) is 7.85. The second-order valence-electron chi connectivity index (χ2n) is 5.71. The molecule has 0 bridgehead atoms. The Hall–Kier alpha value is -0.0400. The lowest BCUT2D eigenvalue weighted by atomic mass is 9.98. The van der Waals surface area contributed by atoms with Crippen molar-refractivity contribution in [1.82, 2.24) is 10.2 Å². The summed E-state index contributed by atoms with van der Waals surface area (Å²) in [4.78, 5) is 6.98. The molecule has 0 amide bonds. The normalized spacial score (nSPS) is 24.4. The van der Waals surface area contributed by atoms with E-state index in [0.717, 1.165) is 12.5 Å². The van der Waals surface area contributed by atoms with Gasteiger partial charge in [-0.25, -0.2) is 0 Å². The summed E-state index contributed by atoms with van der Waals surface area (Å²) >= 11 is 0. The molecule has 1 atom stereocenters. The fourth-order valence-electron chi connectivity index (χ4n) is 2.30. The highest BCUT2D eigenvalue weighted by atomic mass is 127. The van der Waals surface area contributed by atoms with Crippen LogP contribution in [0.25, 0.3) is 0 Å². The lowest BCUT2D eigenvalue weighted by Gasteiger charge is -2.34. The molecule has 0 spiro atoms. The molecule has 4 nitrogen and oxygen atoms in total. The molecule has 2 rings (SSSR count). The van der Waals surface area contributed by atoms with Crippen LogP contribution in [0.1, 0.15) is 39.5 Å². The van der Waals surface area contributed by atoms with Gasteiger partial charge in [-0.05, 0) is 51.6 Å². The van der Waals surface area contributed by atoms with Gasteiger partial charge >= 0.3 is 0 Å². The average molecular weight is 366 g/mol. The van der Waals surface area contributed by atoms with Gasteiger partial charge in [0.15, 0.2) is 5.96 Å². The van der Waals surface area contributed by atoms with Crippen LogP contribution in [0.2, 0.25) is 0 Å². The molecule has 106 valence electrons. The number of hydrogen-bond donors (Lipinski definition) is 2. The quantitative estimate of drug-likeness (QED) is 0.453. The van der Waals surface area contributed by atoms with Gasteiger partial charge in [-0.2, -0.15) is 0 Å². The van der Waals surface area contributed by atoms with Gasteiger partial charge in [-0.1, -0.05) is 6.92 Å². The Morgan fingerprint density at radius 2 is 1.94 bits per heavy atom. The molecule has 0 aromatic rings. The number of piperidine rings is 1. The smallest absolute Gasteiger partial charge is 0.188 e. The summed E-state index contributed by atoms with van der Waals surface area (Å²) in [6.07, 6.45) is 5.14. The van der Waals surface area contributed by atoms with E-state index >= 15 is 0 Å². The zero-order valence-electron chi connectivity index (χ0n) is 11.6. The predicted octanol–water partition coefficient (Wildman–Crippen LogP) is 1.79. The first kappa shape index (κ1) is 16.0. The van der Waals surface area contributed by atoms with Crippen LogP contribution in [0.5, 0.6) is 0 Å². The molecule has 0 aromatic carbocycles. The van der Waals surface area contributed by atoms with Crippen molar-refractivity contribution >= 4 is 29.9 Å². The van der Waals surface area contributed by atoms with E-state index in [-0.39, 0.29) is 24.0 Å². The van der Waals surface area contributed by atoms with Crippen LogP contribution in [-0.4, -0.2) is 42.6 Å². The first-order chi connectivity index (χ1) is 8.15. The maximum Gasteiger partial charge on any atom is 0.188 e. The Bertz CT molecular complexity index is 270. The molecule has 3 N–H and O–H groups in total. The number of rotatable bonds is 4. The zero-order chi connectivity index (χ0) is 12.3. The van der Waals surface area contributed by atoms with Crippen molar-refractivity contribution in [2.24, 2.45) is 16.6 Å². The van der Waals surface area contributed by atoms with Crippen molar-refractivity contribution in [2.75, 3.05) is 19.6 Å². The Morgan fingerprint density at radius 3 is 2.50 bits per heavy atom. The van der Waals surface area contributed by atoms with Gasteiger partial charge in [-0.15, -0.1) is 24.0 Å². The second kappa shape index (κ2) is 7.53. The minimum absolute atomic E-state index is 0. The number of nitrogens with two attached hydrogens (primary N) is 1. The average Bonchev–Trinajstić information content (AvgIpc) is 3.11. The highest BCUT2D eigenvalue weighted by molar-refractivity contribution is 14.0. The van der Waals surface area contributed by atoms with Crippen molar-refractivity contribution < 1.29 is 0 Å². The monoisotopic (exact) mass is 366 g/mol. The summed E-state index contributed by atoms with van der Waals surface area (Å²) < 4.78 is 0. The Kier molecular flexibility index (Phi) is 6.70. The third-order valence-corrected chi connectivity index (χ3v) is 3.90. The molecule has 0 radical (unpaired) electrons. The third-order valence-electron chi connectivity index (χ3n) is 3.90. The fourth-order valence-corrected chi connectivity index (χ4v) is 2.30. The lowest BCUT2D eigenvalue weighted by Crippen LogP contribution is -2.42. The molecule has 18 heavy (non-hydrogen) atoms. The molecule has 2 fully saturated rings. The number of nitrogens with one attached hydrogen (secondary N) is 1. The van der Waals surface area contributed by atoms with Gasteiger partial charge in [0.2, 0.25) is 0 Å². The van der Waals surface area contributed by atoms with Gasteiger partial charge in [0.1, 0.15) is 0 Å². The largest absolute Gasteiger partial charge is 0.370 e. The molecule has 1 aliphatic carbocycles. The number of aliphatic imine (C=N–C) groups is 1. The van der Waals surface area contributed by atoms with Crippen molar-refractivity contribution in [3.8, 4) is 0 Å². The van der Waals surface area contributed by atoms with Crippen LogP contribution in [0.4, 0.5) is 0 Å².